The van der Waals surface area contributed by atoms with Crippen LogP contribution in [0.25, 0.3) is 0 Å². The van der Waals surface area contributed by atoms with Crippen LogP contribution in [0.5, 0.6) is 0 Å². The number of nitrogens with zero attached hydrogens (tertiary/aromatic N) is 3. The molecule has 1 aliphatic heterocycles. The highest BCUT2D eigenvalue weighted by molar-refractivity contribution is 7.09. The third kappa shape index (κ3) is 4.14. The normalized spacial score (nSPS) is 18.3. The first-order valence-electron chi connectivity index (χ1n) is 9.33. The molecule has 1 aromatic heterocycles. The van der Waals surface area contributed by atoms with Crippen molar-refractivity contribution in [3.63, 3.8) is 0 Å². The van der Waals surface area contributed by atoms with E-state index in [0.717, 1.165) is 15.5 Å². The molecule has 1 unspecified atom stereocenters. The second-order valence-electron chi connectivity index (χ2n) is 7.29. The van der Waals surface area contributed by atoms with Gasteiger partial charge in [0.2, 0.25) is 0 Å². The van der Waals surface area contributed by atoms with Gasteiger partial charge < -0.3 is 5.32 Å². The van der Waals surface area contributed by atoms with Crippen molar-refractivity contribution in [1.29, 1.82) is 0 Å². The van der Waals surface area contributed by atoms with E-state index in [1.54, 1.807) is 6.92 Å². The summed E-state index contributed by atoms with van der Waals surface area (Å²) in [6.45, 7) is 1.63. The molecule has 0 aliphatic carbocycles. The van der Waals surface area contributed by atoms with Crippen LogP contribution in [0.3, 0.4) is 0 Å². The van der Waals surface area contributed by atoms with E-state index in [9.17, 15) is 19.7 Å². The Morgan fingerprint density at radius 3 is 2.48 bits per heavy atom. The molecule has 3 amide bonds. The fourth-order valence-corrected chi connectivity index (χ4v) is 4.34. The Balaban J connectivity index is 1.49. The third-order valence-electron chi connectivity index (χ3n) is 5.12. The molecule has 0 spiro atoms. The highest BCUT2D eigenvalue weighted by Gasteiger charge is 2.49. The number of urea groups is 1. The highest BCUT2D eigenvalue weighted by atomic mass is 35.5. The quantitative estimate of drug-likeness (QED) is 0.339. The van der Waals surface area contributed by atoms with Gasteiger partial charge in [-0.05, 0) is 42.3 Å². The molecular weight excluding hydrogens is 440 g/mol. The number of benzene rings is 2. The summed E-state index contributed by atoms with van der Waals surface area (Å²) in [6.07, 6.45) is 0.627. The molecule has 0 radical (unpaired) electrons. The standard InChI is InChI=1S/C21H17ClN4O4S/c1-21(14-4-8-17(9-5-14)26(29)30)19(27)25(20(28)24-21)11-16-12-31-18(23-16)10-13-2-6-15(22)7-3-13/h2-9,12H,10-11H2,1H3,(H,24,28). The molecule has 1 aliphatic rings. The molecule has 1 atom stereocenters. The topological polar surface area (TPSA) is 105 Å². The van der Waals surface area contributed by atoms with Gasteiger partial charge in [0, 0.05) is 29.0 Å². The molecule has 158 valence electrons. The Hall–Kier alpha value is -3.30. The lowest BCUT2D eigenvalue weighted by molar-refractivity contribution is -0.384. The fraction of sp³-hybridized carbons (Fsp3) is 0.190. The van der Waals surface area contributed by atoms with Crippen molar-refractivity contribution in [2.75, 3.05) is 0 Å². The van der Waals surface area contributed by atoms with Gasteiger partial charge in [0.1, 0.15) is 5.54 Å². The third-order valence-corrected chi connectivity index (χ3v) is 6.27. The van der Waals surface area contributed by atoms with Crippen LogP contribution < -0.4 is 5.32 Å². The number of nitrogens with one attached hydrogen (secondary N) is 1. The SMILES string of the molecule is CC1(c2ccc([N+](=O)[O-])cc2)NC(=O)N(Cc2csc(Cc3ccc(Cl)cc3)n2)C1=O. The van der Waals surface area contributed by atoms with Crippen LogP contribution in [-0.2, 0) is 23.3 Å². The van der Waals surface area contributed by atoms with Gasteiger partial charge in [0.05, 0.1) is 22.2 Å². The number of halogens is 1. The monoisotopic (exact) mass is 456 g/mol. The van der Waals surface area contributed by atoms with Gasteiger partial charge in [0.25, 0.3) is 11.6 Å². The van der Waals surface area contributed by atoms with E-state index in [4.69, 9.17) is 11.6 Å². The van der Waals surface area contributed by atoms with Crippen molar-refractivity contribution < 1.29 is 14.5 Å². The zero-order chi connectivity index (χ0) is 22.2. The van der Waals surface area contributed by atoms with Crippen molar-refractivity contribution in [1.82, 2.24) is 15.2 Å². The number of rotatable bonds is 6. The fourth-order valence-electron chi connectivity index (χ4n) is 3.39. The van der Waals surface area contributed by atoms with Gasteiger partial charge in [-0.1, -0.05) is 23.7 Å². The van der Waals surface area contributed by atoms with E-state index in [0.29, 0.717) is 22.7 Å². The smallest absolute Gasteiger partial charge is 0.319 e. The summed E-state index contributed by atoms with van der Waals surface area (Å²) in [6, 6.07) is 12.5. The summed E-state index contributed by atoms with van der Waals surface area (Å²) >= 11 is 7.37. The molecule has 1 fully saturated rings. The van der Waals surface area contributed by atoms with Gasteiger partial charge >= 0.3 is 6.03 Å². The van der Waals surface area contributed by atoms with Crippen molar-refractivity contribution in [3.8, 4) is 0 Å². The summed E-state index contributed by atoms with van der Waals surface area (Å²) in [5.74, 6) is -0.432. The van der Waals surface area contributed by atoms with Crippen LogP contribution in [0.15, 0.2) is 53.9 Å². The Morgan fingerprint density at radius 2 is 1.84 bits per heavy atom. The second-order valence-corrected chi connectivity index (χ2v) is 8.67. The maximum Gasteiger partial charge on any atom is 0.325 e. The summed E-state index contributed by atoms with van der Waals surface area (Å²) in [7, 11) is 0. The van der Waals surface area contributed by atoms with E-state index in [-0.39, 0.29) is 12.2 Å². The van der Waals surface area contributed by atoms with Crippen LogP contribution >= 0.6 is 22.9 Å². The molecule has 1 N–H and O–H groups in total. The number of nitro groups is 1. The first-order valence-corrected chi connectivity index (χ1v) is 10.6. The van der Waals surface area contributed by atoms with Gasteiger partial charge in [-0.25, -0.2) is 9.78 Å². The van der Waals surface area contributed by atoms with Gasteiger partial charge in [-0.2, -0.15) is 0 Å². The number of aromatic nitrogens is 1. The van der Waals surface area contributed by atoms with Crippen molar-refractivity contribution in [2.45, 2.75) is 25.4 Å². The number of non-ortho nitro benzene ring substituents is 1. The first kappa shape index (κ1) is 21.0. The molecule has 0 bridgehead atoms. The predicted molar refractivity (Wildman–Crippen MR) is 116 cm³/mol. The molecule has 1 saturated heterocycles. The maximum absolute atomic E-state index is 13.1. The van der Waals surface area contributed by atoms with Crippen LogP contribution in [0.1, 0.15) is 28.8 Å². The summed E-state index contributed by atoms with van der Waals surface area (Å²) < 4.78 is 0. The average molecular weight is 457 g/mol. The Morgan fingerprint density at radius 1 is 1.16 bits per heavy atom. The summed E-state index contributed by atoms with van der Waals surface area (Å²) in [4.78, 5) is 41.6. The zero-order valence-corrected chi connectivity index (χ0v) is 17.9. The van der Waals surface area contributed by atoms with Gasteiger partial charge in [-0.3, -0.25) is 19.8 Å². The number of carbonyl (C=O) groups excluding carboxylic acids is 2. The zero-order valence-electron chi connectivity index (χ0n) is 16.4. The number of carbonyl (C=O) groups is 2. The predicted octanol–water partition coefficient (Wildman–Crippen LogP) is 4.26. The Labute approximate surface area is 186 Å². The molecular formula is C21H17ClN4O4S. The first-order chi connectivity index (χ1) is 14.8. The number of imide groups is 1. The Kier molecular flexibility index (Phi) is 5.47. The van der Waals surface area contributed by atoms with Gasteiger partial charge in [0.15, 0.2) is 0 Å². The lowest BCUT2D eigenvalue weighted by Gasteiger charge is -2.21. The lowest BCUT2D eigenvalue weighted by atomic mass is 9.92. The van der Waals surface area contributed by atoms with E-state index < -0.39 is 22.4 Å². The Bertz CT molecular complexity index is 1160. The minimum atomic E-state index is -1.30. The molecule has 10 heteroatoms. The molecule has 31 heavy (non-hydrogen) atoms. The second kappa shape index (κ2) is 8.09. The van der Waals surface area contributed by atoms with Gasteiger partial charge in [-0.15, -0.1) is 11.3 Å². The number of hydrogen-bond acceptors (Lipinski definition) is 6. The van der Waals surface area contributed by atoms with Crippen molar-refractivity contribution in [3.05, 3.63) is 90.9 Å². The van der Waals surface area contributed by atoms with Crippen LogP contribution in [-0.4, -0.2) is 26.7 Å². The van der Waals surface area contributed by atoms with Crippen LogP contribution in [0.2, 0.25) is 5.02 Å². The van der Waals surface area contributed by atoms with Crippen LogP contribution in [0, 0.1) is 10.1 Å². The average Bonchev–Trinajstić information content (AvgIpc) is 3.28. The van der Waals surface area contributed by atoms with E-state index in [1.807, 2.05) is 29.6 Å². The number of thiazole rings is 1. The highest BCUT2D eigenvalue weighted by Crippen LogP contribution is 2.31. The van der Waals surface area contributed by atoms with E-state index in [2.05, 4.69) is 10.3 Å². The minimum absolute atomic E-state index is 0.0460. The van der Waals surface area contributed by atoms with Crippen molar-refractivity contribution >= 4 is 40.6 Å². The summed E-state index contributed by atoms with van der Waals surface area (Å²) in [5.41, 5.74) is 0.766. The molecule has 4 rings (SSSR count). The summed E-state index contributed by atoms with van der Waals surface area (Å²) in [5, 5.41) is 16.9. The molecule has 0 saturated carbocycles. The van der Waals surface area contributed by atoms with E-state index in [1.165, 1.54) is 35.6 Å². The molecule has 2 heterocycles. The molecule has 2 aromatic carbocycles. The lowest BCUT2D eigenvalue weighted by Crippen LogP contribution is -2.40. The molecule has 8 nitrogen and oxygen atoms in total. The number of amides is 3. The number of hydrogen-bond donors (Lipinski definition) is 1. The van der Waals surface area contributed by atoms with Crippen LogP contribution in [0.4, 0.5) is 10.5 Å². The van der Waals surface area contributed by atoms with E-state index >= 15 is 0 Å². The minimum Gasteiger partial charge on any atom is -0.319 e. The van der Waals surface area contributed by atoms with Crippen molar-refractivity contribution in [2.24, 2.45) is 0 Å². The molecule has 3 aromatic rings. The largest absolute Gasteiger partial charge is 0.325 e. The number of nitro benzene ring substituents is 1. The maximum atomic E-state index is 13.1.